The minimum Gasteiger partial charge on any atom is -0.332 e. The highest BCUT2D eigenvalue weighted by Crippen LogP contribution is 2.49. The van der Waals surface area contributed by atoms with Crippen molar-refractivity contribution in [2.45, 2.75) is 29.7 Å². The molecule has 0 fully saturated rings. The summed E-state index contributed by atoms with van der Waals surface area (Å²) in [5.41, 5.74) is 6.70. The van der Waals surface area contributed by atoms with Gasteiger partial charge in [0.25, 0.3) is 0 Å². The molecular formula is C29H23N3S. The molecule has 3 nitrogen and oxygen atoms in total. The maximum Gasteiger partial charge on any atom is 0.135 e. The summed E-state index contributed by atoms with van der Waals surface area (Å²) in [7, 11) is 0. The Hall–Kier alpha value is -3.55. The summed E-state index contributed by atoms with van der Waals surface area (Å²) in [4.78, 5) is 9.71. The maximum absolute atomic E-state index is 9.30. The van der Waals surface area contributed by atoms with Crippen LogP contribution in [0, 0.1) is 11.3 Å². The van der Waals surface area contributed by atoms with E-state index in [1.54, 1.807) is 0 Å². The number of nitrogens with zero attached hydrogens (tertiary/aromatic N) is 3. The largest absolute Gasteiger partial charge is 0.332 e. The lowest BCUT2D eigenvalue weighted by atomic mass is 9.82. The van der Waals surface area contributed by atoms with Crippen molar-refractivity contribution in [3.8, 4) is 6.07 Å². The third-order valence-electron chi connectivity index (χ3n) is 6.63. The molecule has 0 saturated carbocycles. The normalized spacial score (nSPS) is 23.1. The zero-order chi connectivity index (χ0) is 22.2. The van der Waals surface area contributed by atoms with Gasteiger partial charge in [-0.3, -0.25) is 4.99 Å². The molecule has 0 N–H and O–H groups in total. The number of para-hydroxylation sites is 1. The first-order chi connectivity index (χ1) is 16.3. The first-order valence-corrected chi connectivity index (χ1v) is 12.2. The van der Waals surface area contributed by atoms with Gasteiger partial charge in [-0.2, -0.15) is 5.26 Å². The average molecular weight is 446 g/mol. The molecule has 0 amide bonds. The summed E-state index contributed by atoms with van der Waals surface area (Å²) in [6.45, 7) is 0.568. The molecule has 6 rings (SSSR count). The van der Waals surface area contributed by atoms with Gasteiger partial charge in [0.15, 0.2) is 0 Å². The van der Waals surface area contributed by atoms with Gasteiger partial charge in [-0.25, -0.2) is 0 Å². The number of aliphatic imine (C=N–C) groups is 1. The molecule has 2 heterocycles. The lowest BCUT2D eigenvalue weighted by Crippen LogP contribution is -2.40. The Morgan fingerprint density at radius 3 is 2.79 bits per heavy atom. The van der Waals surface area contributed by atoms with Crippen LogP contribution in [-0.2, 0) is 0 Å². The number of rotatable bonds is 3. The molecule has 160 valence electrons. The summed E-state index contributed by atoms with van der Waals surface area (Å²) in [5.74, 6) is 0.179. The predicted octanol–water partition coefficient (Wildman–Crippen LogP) is 6.80. The highest BCUT2D eigenvalue weighted by atomic mass is 32.2. The van der Waals surface area contributed by atoms with Gasteiger partial charge in [0.1, 0.15) is 11.8 Å². The van der Waals surface area contributed by atoms with E-state index in [4.69, 9.17) is 0 Å². The van der Waals surface area contributed by atoms with Crippen LogP contribution >= 0.6 is 11.8 Å². The number of nitriles is 1. The summed E-state index contributed by atoms with van der Waals surface area (Å²) < 4.78 is 0. The first kappa shape index (κ1) is 20.1. The number of anilines is 1. The van der Waals surface area contributed by atoms with E-state index in [9.17, 15) is 5.26 Å². The molecule has 2 aliphatic heterocycles. The molecular weight excluding hydrogens is 422 g/mol. The smallest absolute Gasteiger partial charge is 0.135 e. The lowest BCUT2D eigenvalue weighted by Gasteiger charge is -2.43. The first-order valence-electron chi connectivity index (χ1n) is 11.4. The number of allylic oxidation sites excluding steroid dienone is 6. The minimum atomic E-state index is 0.157. The van der Waals surface area contributed by atoms with Crippen molar-refractivity contribution >= 4 is 28.7 Å². The molecule has 0 aromatic heterocycles. The van der Waals surface area contributed by atoms with E-state index < -0.39 is 0 Å². The van der Waals surface area contributed by atoms with Crippen molar-refractivity contribution in [2.24, 2.45) is 4.99 Å². The summed E-state index contributed by atoms with van der Waals surface area (Å²) in [6.07, 6.45) is 17.7. The van der Waals surface area contributed by atoms with Crippen LogP contribution < -0.4 is 4.90 Å². The molecule has 0 saturated heterocycles. The standard InChI is InChI=1S/C29H23N3S/c30-18-21-17-20(19-31-21)22-9-1-2-10-23(22)24-11-3-4-12-25(24)32-26-13-5-7-15-28(26)33-29-16-8-6-14-27(29)32/h1-7,9-15,17,24-25H,8,16,19H2/t24-,25?/m0/s1. The van der Waals surface area contributed by atoms with Gasteiger partial charge >= 0.3 is 0 Å². The van der Waals surface area contributed by atoms with Crippen molar-refractivity contribution in [1.29, 1.82) is 5.26 Å². The summed E-state index contributed by atoms with van der Waals surface area (Å²) in [6, 6.07) is 19.7. The average Bonchev–Trinajstić information content (AvgIpc) is 3.37. The van der Waals surface area contributed by atoms with Crippen LogP contribution in [0.15, 0.2) is 112 Å². The molecule has 0 radical (unpaired) electrons. The van der Waals surface area contributed by atoms with Gasteiger partial charge < -0.3 is 4.90 Å². The van der Waals surface area contributed by atoms with Gasteiger partial charge in [-0.05, 0) is 53.8 Å². The van der Waals surface area contributed by atoms with Crippen molar-refractivity contribution in [1.82, 2.24) is 0 Å². The molecule has 2 aromatic carbocycles. The third kappa shape index (κ3) is 3.50. The predicted molar refractivity (Wildman–Crippen MR) is 137 cm³/mol. The Labute approximate surface area is 198 Å². The molecule has 4 aliphatic rings. The quantitative estimate of drug-likeness (QED) is 0.521. The fourth-order valence-electron chi connectivity index (χ4n) is 5.14. The molecule has 0 spiro atoms. The topological polar surface area (TPSA) is 39.4 Å². The van der Waals surface area contributed by atoms with Crippen molar-refractivity contribution < 1.29 is 0 Å². The molecule has 2 aromatic rings. The Bertz CT molecular complexity index is 1350. The summed E-state index contributed by atoms with van der Waals surface area (Å²) in [5, 5.41) is 9.30. The highest BCUT2D eigenvalue weighted by molar-refractivity contribution is 8.03. The second kappa shape index (κ2) is 8.42. The van der Waals surface area contributed by atoms with E-state index in [2.05, 4.69) is 101 Å². The summed E-state index contributed by atoms with van der Waals surface area (Å²) >= 11 is 1.92. The maximum atomic E-state index is 9.30. The fraction of sp³-hybridized carbons (Fsp3) is 0.172. The molecule has 33 heavy (non-hydrogen) atoms. The number of fused-ring (bicyclic) bond motifs is 1. The zero-order valence-corrected chi connectivity index (χ0v) is 19.0. The van der Waals surface area contributed by atoms with E-state index in [1.807, 2.05) is 17.8 Å². The van der Waals surface area contributed by atoms with Crippen molar-refractivity contribution in [3.05, 3.63) is 113 Å². The fourth-order valence-corrected chi connectivity index (χ4v) is 6.32. The molecule has 0 bridgehead atoms. The van der Waals surface area contributed by atoms with Crippen molar-refractivity contribution in [2.75, 3.05) is 11.4 Å². The van der Waals surface area contributed by atoms with E-state index in [0.29, 0.717) is 12.3 Å². The third-order valence-corrected chi connectivity index (χ3v) is 7.86. The molecule has 4 heteroatoms. The monoisotopic (exact) mass is 445 g/mol. The van der Waals surface area contributed by atoms with Gasteiger partial charge in [0.05, 0.1) is 24.0 Å². The van der Waals surface area contributed by atoms with Crippen LogP contribution in [0.5, 0.6) is 0 Å². The second-order valence-corrected chi connectivity index (χ2v) is 9.68. The number of hydrogen-bond donors (Lipinski definition) is 0. The van der Waals surface area contributed by atoms with E-state index in [-0.39, 0.29) is 12.0 Å². The number of thioether (sulfide) groups is 1. The molecule has 1 unspecified atom stereocenters. The zero-order valence-electron chi connectivity index (χ0n) is 18.2. The van der Waals surface area contributed by atoms with Gasteiger partial charge in [-0.1, -0.05) is 78.5 Å². The minimum absolute atomic E-state index is 0.157. The Morgan fingerprint density at radius 1 is 1.03 bits per heavy atom. The molecule has 2 aliphatic carbocycles. The van der Waals surface area contributed by atoms with Gasteiger partial charge in [0, 0.05) is 15.7 Å². The van der Waals surface area contributed by atoms with Crippen molar-refractivity contribution in [3.63, 3.8) is 0 Å². The van der Waals surface area contributed by atoms with E-state index in [1.165, 1.54) is 32.3 Å². The highest BCUT2D eigenvalue weighted by Gasteiger charge is 2.35. The Morgan fingerprint density at radius 2 is 1.88 bits per heavy atom. The van der Waals surface area contributed by atoms with E-state index >= 15 is 0 Å². The van der Waals surface area contributed by atoms with Gasteiger partial charge in [0.2, 0.25) is 0 Å². The number of hydrogen-bond acceptors (Lipinski definition) is 4. The molecule has 2 atom stereocenters. The Balaban J connectivity index is 1.47. The Kier molecular flexibility index (Phi) is 5.13. The SMILES string of the molecule is N#CC1=NCC(c2ccccc2[C@@H]2C=CC=CC2N2C3=C(CCC=C3)Sc3ccccc32)=C1. The lowest BCUT2D eigenvalue weighted by molar-refractivity contribution is 0.664. The van der Waals surface area contributed by atoms with Crippen LogP contribution in [-0.4, -0.2) is 18.3 Å². The van der Waals surface area contributed by atoms with Crippen LogP contribution in [0.4, 0.5) is 5.69 Å². The number of benzene rings is 2. The van der Waals surface area contributed by atoms with Crippen LogP contribution in [0.2, 0.25) is 0 Å². The van der Waals surface area contributed by atoms with Crippen LogP contribution in [0.1, 0.15) is 29.9 Å². The second-order valence-electron chi connectivity index (χ2n) is 8.55. The van der Waals surface area contributed by atoms with Crippen LogP contribution in [0.25, 0.3) is 5.57 Å². The van der Waals surface area contributed by atoms with E-state index in [0.717, 1.165) is 18.4 Å². The van der Waals surface area contributed by atoms with Crippen LogP contribution in [0.3, 0.4) is 0 Å². The van der Waals surface area contributed by atoms with Gasteiger partial charge in [-0.15, -0.1) is 0 Å².